The fourth-order valence-electron chi connectivity index (χ4n) is 3.11. The first kappa shape index (κ1) is 25.8. The predicted octanol–water partition coefficient (Wildman–Crippen LogP) is 4.31. The van der Waals surface area contributed by atoms with Gasteiger partial charge in [-0.05, 0) is 36.6 Å². The topological polar surface area (TPSA) is 89.0 Å². The molecule has 0 heterocycles. The van der Waals surface area contributed by atoms with Crippen molar-refractivity contribution < 1.29 is 23.5 Å². The molecule has 0 aliphatic carbocycles. The molecule has 2 amide bonds. The Bertz CT molecular complexity index is 962. The second-order valence-corrected chi connectivity index (χ2v) is 7.84. The molecule has 0 radical (unpaired) electrons. The van der Waals surface area contributed by atoms with Crippen LogP contribution in [0.4, 0.5) is 4.39 Å². The first-order chi connectivity index (χ1) is 15.9. The van der Waals surface area contributed by atoms with Crippen molar-refractivity contribution in [3.05, 3.63) is 59.4 Å². The maximum absolute atomic E-state index is 13.9. The molecular weight excluding hydrogens is 425 g/mol. The van der Waals surface area contributed by atoms with Gasteiger partial charge in [0.2, 0.25) is 0 Å². The van der Waals surface area contributed by atoms with E-state index in [9.17, 15) is 14.0 Å². The predicted molar refractivity (Wildman–Crippen MR) is 126 cm³/mol. The highest BCUT2D eigenvalue weighted by atomic mass is 19.1. The van der Waals surface area contributed by atoms with E-state index in [4.69, 9.17) is 9.47 Å². The molecule has 178 valence electrons. The van der Waals surface area contributed by atoms with Crippen LogP contribution in [0.3, 0.4) is 0 Å². The summed E-state index contributed by atoms with van der Waals surface area (Å²) in [6, 6.07) is 10.1. The highest BCUT2D eigenvalue weighted by Gasteiger charge is 2.25. The lowest BCUT2D eigenvalue weighted by atomic mass is 10.0. The van der Waals surface area contributed by atoms with Gasteiger partial charge in [-0.1, -0.05) is 51.8 Å². The molecule has 0 saturated heterocycles. The third-order valence-electron chi connectivity index (χ3n) is 4.96. The normalized spacial score (nSPS) is 11.9. The fraction of sp³-hybridized carbons (Fsp3) is 0.400. The molecule has 0 aliphatic heterocycles. The monoisotopic (exact) mass is 457 g/mol. The van der Waals surface area contributed by atoms with E-state index in [1.807, 2.05) is 0 Å². The summed E-state index contributed by atoms with van der Waals surface area (Å²) >= 11 is 0. The lowest BCUT2D eigenvalue weighted by Crippen LogP contribution is -2.48. The van der Waals surface area contributed by atoms with Gasteiger partial charge in [0.05, 0.1) is 25.5 Å². The Hall–Kier alpha value is -3.42. The molecular formula is C25H32FN3O4. The number of benzene rings is 2. The summed E-state index contributed by atoms with van der Waals surface area (Å²) < 4.78 is 25.2. The third kappa shape index (κ3) is 7.59. The van der Waals surface area contributed by atoms with Crippen molar-refractivity contribution >= 4 is 18.0 Å². The van der Waals surface area contributed by atoms with E-state index in [0.29, 0.717) is 23.7 Å². The average molecular weight is 458 g/mol. The molecule has 0 aliphatic rings. The zero-order valence-electron chi connectivity index (χ0n) is 19.6. The van der Waals surface area contributed by atoms with Gasteiger partial charge >= 0.3 is 0 Å². The van der Waals surface area contributed by atoms with Gasteiger partial charge in [-0.3, -0.25) is 9.59 Å². The molecule has 33 heavy (non-hydrogen) atoms. The standard InChI is InChI=1S/C25H32FN3O4/c1-5-6-9-15-33-23-18(11-10-14-21(23)32-4)16-27-29-25(31)22(17(2)3)28-24(30)19-12-7-8-13-20(19)26/h7-8,10-14,16-17,22H,5-6,9,15H2,1-4H3,(H,28,30)(H,29,31)/b27-16+. The summed E-state index contributed by atoms with van der Waals surface area (Å²) in [6.45, 7) is 6.21. The highest BCUT2D eigenvalue weighted by molar-refractivity contribution is 5.98. The number of methoxy groups -OCH3 is 1. The van der Waals surface area contributed by atoms with E-state index in [1.54, 1.807) is 45.2 Å². The van der Waals surface area contributed by atoms with Crippen LogP contribution < -0.4 is 20.2 Å². The van der Waals surface area contributed by atoms with Gasteiger partial charge in [0.15, 0.2) is 11.5 Å². The van der Waals surface area contributed by atoms with Gasteiger partial charge in [0, 0.05) is 5.56 Å². The van der Waals surface area contributed by atoms with Crippen molar-refractivity contribution in [1.82, 2.24) is 10.7 Å². The Morgan fingerprint density at radius 2 is 1.88 bits per heavy atom. The number of hydrogen-bond donors (Lipinski definition) is 2. The van der Waals surface area contributed by atoms with Crippen molar-refractivity contribution in [3.63, 3.8) is 0 Å². The summed E-state index contributed by atoms with van der Waals surface area (Å²) in [4.78, 5) is 25.1. The number of carbonyl (C=O) groups is 2. The number of nitrogens with zero attached hydrogens (tertiary/aromatic N) is 1. The molecule has 2 aromatic rings. The minimum absolute atomic E-state index is 0.124. The molecule has 1 unspecified atom stereocenters. The maximum Gasteiger partial charge on any atom is 0.262 e. The Morgan fingerprint density at radius 1 is 1.12 bits per heavy atom. The number of carbonyl (C=O) groups excluding carboxylic acids is 2. The summed E-state index contributed by atoms with van der Waals surface area (Å²) in [5.74, 6) is -0.965. The molecule has 2 rings (SSSR count). The number of halogens is 1. The number of ether oxygens (including phenoxy) is 2. The smallest absolute Gasteiger partial charge is 0.262 e. The van der Waals surface area contributed by atoms with E-state index >= 15 is 0 Å². The Morgan fingerprint density at radius 3 is 2.55 bits per heavy atom. The van der Waals surface area contributed by atoms with Crippen LogP contribution in [-0.2, 0) is 4.79 Å². The van der Waals surface area contributed by atoms with E-state index in [-0.39, 0.29) is 11.5 Å². The Kier molecular flexibility index (Phi) is 10.3. The summed E-state index contributed by atoms with van der Waals surface area (Å²) in [7, 11) is 1.56. The van der Waals surface area contributed by atoms with Crippen molar-refractivity contribution in [1.29, 1.82) is 0 Å². The van der Waals surface area contributed by atoms with E-state index in [1.165, 1.54) is 24.4 Å². The minimum Gasteiger partial charge on any atom is -0.493 e. The van der Waals surface area contributed by atoms with Crippen LogP contribution in [-0.4, -0.2) is 37.8 Å². The van der Waals surface area contributed by atoms with Crippen LogP contribution in [0.1, 0.15) is 56.0 Å². The number of rotatable bonds is 12. The first-order valence-corrected chi connectivity index (χ1v) is 11.1. The Balaban J connectivity index is 2.08. The number of para-hydroxylation sites is 1. The van der Waals surface area contributed by atoms with Gasteiger partial charge in [0.1, 0.15) is 11.9 Å². The SMILES string of the molecule is CCCCCOc1c(/C=N/NC(=O)C(NC(=O)c2ccccc2F)C(C)C)cccc1OC. The lowest BCUT2D eigenvalue weighted by Gasteiger charge is -2.20. The zero-order valence-corrected chi connectivity index (χ0v) is 19.6. The molecule has 2 aromatic carbocycles. The summed E-state index contributed by atoms with van der Waals surface area (Å²) in [5, 5.41) is 6.62. The molecule has 0 saturated carbocycles. The fourth-order valence-corrected chi connectivity index (χ4v) is 3.11. The van der Waals surface area contributed by atoms with E-state index in [2.05, 4.69) is 22.8 Å². The van der Waals surface area contributed by atoms with Crippen LogP contribution in [0.15, 0.2) is 47.6 Å². The maximum atomic E-state index is 13.9. The molecule has 0 spiro atoms. The van der Waals surface area contributed by atoms with E-state index < -0.39 is 23.7 Å². The number of hydrazone groups is 1. The second kappa shape index (κ2) is 13.2. The Labute approximate surface area is 194 Å². The van der Waals surface area contributed by atoms with Gasteiger partial charge in [-0.15, -0.1) is 0 Å². The van der Waals surface area contributed by atoms with E-state index in [0.717, 1.165) is 19.3 Å². The van der Waals surface area contributed by atoms with Crippen LogP contribution in [0.25, 0.3) is 0 Å². The number of nitrogens with one attached hydrogen (secondary N) is 2. The van der Waals surface area contributed by atoms with Crippen LogP contribution >= 0.6 is 0 Å². The molecule has 8 heteroatoms. The van der Waals surface area contributed by atoms with Crippen LogP contribution in [0.2, 0.25) is 0 Å². The third-order valence-corrected chi connectivity index (χ3v) is 4.96. The van der Waals surface area contributed by atoms with Crippen LogP contribution in [0, 0.1) is 11.7 Å². The molecule has 7 nitrogen and oxygen atoms in total. The van der Waals surface area contributed by atoms with Crippen molar-refractivity contribution in [2.45, 2.75) is 46.1 Å². The first-order valence-electron chi connectivity index (χ1n) is 11.1. The zero-order chi connectivity index (χ0) is 24.2. The highest BCUT2D eigenvalue weighted by Crippen LogP contribution is 2.30. The van der Waals surface area contributed by atoms with Crippen molar-refractivity contribution in [2.75, 3.05) is 13.7 Å². The van der Waals surface area contributed by atoms with Gasteiger partial charge < -0.3 is 14.8 Å². The largest absolute Gasteiger partial charge is 0.493 e. The number of amides is 2. The van der Waals surface area contributed by atoms with Gasteiger partial charge in [-0.25, -0.2) is 9.82 Å². The second-order valence-electron chi connectivity index (χ2n) is 7.84. The van der Waals surface area contributed by atoms with Crippen LogP contribution in [0.5, 0.6) is 11.5 Å². The lowest BCUT2D eigenvalue weighted by molar-refractivity contribution is -0.123. The van der Waals surface area contributed by atoms with Crippen molar-refractivity contribution in [2.24, 2.45) is 11.0 Å². The van der Waals surface area contributed by atoms with Crippen molar-refractivity contribution in [3.8, 4) is 11.5 Å². The minimum atomic E-state index is -0.899. The average Bonchev–Trinajstić information content (AvgIpc) is 2.80. The number of unbranched alkanes of at least 4 members (excludes halogenated alkanes) is 2. The molecule has 1 atom stereocenters. The quantitative estimate of drug-likeness (QED) is 0.282. The molecule has 0 bridgehead atoms. The number of hydrogen-bond acceptors (Lipinski definition) is 5. The summed E-state index contributed by atoms with van der Waals surface area (Å²) in [5.41, 5.74) is 2.97. The molecule has 2 N–H and O–H groups in total. The van der Waals surface area contributed by atoms with Gasteiger partial charge in [0.25, 0.3) is 11.8 Å². The van der Waals surface area contributed by atoms with Gasteiger partial charge in [-0.2, -0.15) is 5.10 Å². The summed E-state index contributed by atoms with van der Waals surface area (Å²) in [6.07, 6.45) is 4.52. The molecule has 0 aromatic heterocycles. The molecule has 0 fully saturated rings.